The highest BCUT2D eigenvalue weighted by Gasteiger charge is 2.07. The minimum absolute atomic E-state index is 0.209. The topological polar surface area (TPSA) is 29.9 Å². The van der Waals surface area contributed by atoms with Crippen LogP contribution in [0.5, 0.6) is 0 Å². The van der Waals surface area contributed by atoms with E-state index in [2.05, 4.69) is 10.4 Å². The van der Waals surface area contributed by atoms with Gasteiger partial charge in [-0.1, -0.05) is 12.1 Å². The van der Waals surface area contributed by atoms with Crippen LogP contribution in [0.3, 0.4) is 0 Å². The first kappa shape index (κ1) is 10.6. The van der Waals surface area contributed by atoms with Crippen LogP contribution in [-0.4, -0.2) is 9.78 Å². The molecular formula is C11H11F2N3. The average Bonchev–Trinajstić information content (AvgIpc) is 2.67. The van der Waals surface area contributed by atoms with E-state index < -0.39 is 11.6 Å². The molecule has 0 aliphatic carbocycles. The molecule has 1 heterocycles. The van der Waals surface area contributed by atoms with Gasteiger partial charge >= 0.3 is 0 Å². The molecule has 1 N–H and O–H groups in total. The van der Waals surface area contributed by atoms with Crippen LogP contribution in [0.2, 0.25) is 0 Å². The van der Waals surface area contributed by atoms with E-state index in [1.54, 1.807) is 24.0 Å². The Morgan fingerprint density at radius 3 is 2.81 bits per heavy atom. The van der Waals surface area contributed by atoms with Gasteiger partial charge in [-0.15, -0.1) is 0 Å². The number of nitrogens with zero attached hydrogens (tertiary/aromatic N) is 2. The van der Waals surface area contributed by atoms with Gasteiger partial charge in [0.15, 0.2) is 11.6 Å². The third-order valence-corrected chi connectivity index (χ3v) is 2.21. The van der Waals surface area contributed by atoms with Crippen LogP contribution in [0, 0.1) is 11.6 Å². The van der Waals surface area contributed by atoms with E-state index in [0.29, 0.717) is 5.82 Å². The summed E-state index contributed by atoms with van der Waals surface area (Å²) in [7, 11) is 1.79. The molecule has 0 radical (unpaired) electrons. The zero-order chi connectivity index (χ0) is 11.5. The molecule has 5 heteroatoms. The second-order valence-corrected chi connectivity index (χ2v) is 3.44. The molecule has 0 atom stereocenters. The monoisotopic (exact) mass is 223 g/mol. The summed E-state index contributed by atoms with van der Waals surface area (Å²) in [5.74, 6) is -1.02. The first-order valence-corrected chi connectivity index (χ1v) is 4.83. The van der Waals surface area contributed by atoms with Crippen molar-refractivity contribution in [1.29, 1.82) is 0 Å². The van der Waals surface area contributed by atoms with E-state index in [0.717, 1.165) is 6.07 Å². The Hall–Kier alpha value is -1.91. The summed E-state index contributed by atoms with van der Waals surface area (Å²) in [5.41, 5.74) is 0.283. The molecule has 2 rings (SSSR count). The minimum Gasteiger partial charge on any atom is -0.364 e. The van der Waals surface area contributed by atoms with Gasteiger partial charge in [-0.25, -0.2) is 8.78 Å². The van der Waals surface area contributed by atoms with Gasteiger partial charge in [0.2, 0.25) is 0 Å². The lowest BCUT2D eigenvalue weighted by Gasteiger charge is -2.04. The molecule has 0 unspecified atom stereocenters. The quantitative estimate of drug-likeness (QED) is 0.865. The van der Waals surface area contributed by atoms with Crippen LogP contribution < -0.4 is 5.32 Å². The summed E-state index contributed by atoms with van der Waals surface area (Å²) >= 11 is 0. The van der Waals surface area contributed by atoms with Crippen LogP contribution in [0.15, 0.2) is 30.5 Å². The number of aromatic nitrogens is 2. The lowest BCUT2D eigenvalue weighted by atomic mass is 10.2. The Balaban J connectivity index is 2.07. The van der Waals surface area contributed by atoms with Gasteiger partial charge in [-0.3, -0.25) is 4.68 Å². The first-order valence-electron chi connectivity index (χ1n) is 4.83. The Kier molecular flexibility index (Phi) is 2.85. The summed E-state index contributed by atoms with van der Waals surface area (Å²) in [6.07, 6.45) is 1.77. The summed E-state index contributed by atoms with van der Waals surface area (Å²) in [4.78, 5) is 0. The number of halogens is 2. The highest BCUT2D eigenvalue weighted by atomic mass is 19.2. The summed E-state index contributed by atoms with van der Waals surface area (Å²) < 4.78 is 27.8. The number of hydrogen-bond acceptors (Lipinski definition) is 2. The van der Waals surface area contributed by atoms with E-state index >= 15 is 0 Å². The Morgan fingerprint density at radius 1 is 1.31 bits per heavy atom. The molecule has 1 aromatic heterocycles. The third kappa shape index (κ3) is 2.18. The zero-order valence-corrected chi connectivity index (χ0v) is 8.74. The maximum atomic E-state index is 13.3. The van der Waals surface area contributed by atoms with Crippen LogP contribution in [0.4, 0.5) is 14.6 Å². The molecule has 2 aromatic rings. The highest BCUT2D eigenvalue weighted by Crippen LogP contribution is 2.13. The number of benzene rings is 1. The predicted octanol–water partition coefficient (Wildman–Crippen LogP) is 2.31. The van der Waals surface area contributed by atoms with Gasteiger partial charge in [0.1, 0.15) is 5.82 Å². The fourth-order valence-electron chi connectivity index (χ4n) is 1.38. The van der Waals surface area contributed by atoms with Crippen molar-refractivity contribution < 1.29 is 8.78 Å². The molecule has 0 fully saturated rings. The normalized spacial score (nSPS) is 10.4. The highest BCUT2D eigenvalue weighted by molar-refractivity contribution is 5.34. The first-order chi connectivity index (χ1) is 7.66. The van der Waals surface area contributed by atoms with Gasteiger partial charge in [-0.05, 0) is 6.07 Å². The third-order valence-electron chi connectivity index (χ3n) is 2.21. The van der Waals surface area contributed by atoms with Crippen LogP contribution in [0.1, 0.15) is 5.56 Å². The SMILES string of the molecule is Cn1ccc(NCc2cccc(F)c2F)n1. The fourth-order valence-corrected chi connectivity index (χ4v) is 1.38. The summed E-state index contributed by atoms with van der Waals surface area (Å²) in [5, 5.41) is 6.98. The van der Waals surface area contributed by atoms with Crippen LogP contribution in [0.25, 0.3) is 0 Å². The van der Waals surface area contributed by atoms with Crippen molar-refractivity contribution in [2.75, 3.05) is 5.32 Å². The number of aryl methyl sites for hydroxylation is 1. The molecular weight excluding hydrogens is 212 g/mol. The van der Waals surface area contributed by atoms with Crippen molar-refractivity contribution in [3.8, 4) is 0 Å². The van der Waals surface area contributed by atoms with Gasteiger partial charge in [0, 0.05) is 31.4 Å². The molecule has 0 amide bonds. The van der Waals surface area contributed by atoms with Gasteiger partial charge < -0.3 is 5.32 Å². The molecule has 0 aliphatic rings. The van der Waals surface area contributed by atoms with Crippen LogP contribution in [-0.2, 0) is 13.6 Å². The maximum absolute atomic E-state index is 13.3. The largest absolute Gasteiger partial charge is 0.364 e. The molecule has 3 nitrogen and oxygen atoms in total. The standard InChI is InChI=1S/C11H11F2N3/c1-16-6-5-10(15-16)14-7-8-3-2-4-9(12)11(8)13/h2-6H,7H2,1H3,(H,14,15). The van der Waals surface area contributed by atoms with E-state index in [1.165, 1.54) is 12.1 Å². The van der Waals surface area contributed by atoms with Crippen molar-refractivity contribution in [2.24, 2.45) is 7.05 Å². The number of rotatable bonds is 3. The second-order valence-electron chi connectivity index (χ2n) is 3.44. The van der Waals surface area contributed by atoms with Crippen LogP contribution >= 0.6 is 0 Å². The van der Waals surface area contributed by atoms with Gasteiger partial charge in [-0.2, -0.15) is 5.10 Å². The Bertz CT molecular complexity index is 494. The van der Waals surface area contributed by atoms with Crippen molar-refractivity contribution in [2.45, 2.75) is 6.54 Å². The van der Waals surface area contributed by atoms with Gasteiger partial charge in [0.25, 0.3) is 0 Å². The molecule has 0 spiro atoms. The van der Waals surface area contributed by atoms with Crippen molar-refractivity contribution >= 4 is 5.82 Å². The minimum atomic E-state index is -0.833. The van der Waals surface area contributed by atoms with Crippen molar-refractivity contribution in [3.63, 3.8) is 0 Å². The van der Waals surface area contributed by atoms with E-state index in [4.69, 9.17) is 0 Å². The summed E-state index contributed by atoms with van der Waals surface area (Å²) in [6, 6.07) is 5.87. The molecule has 0 aliphatic heterocycles. The van der Waals surface area contributed by atoms with E-state index in [-0.39, 0.29) is 12.1 Å². The Morgan fingerprint density at radius 2 is 2.12 bits per heavy atom. The molecule has 16 heavy (non-hydrogen) atoms. The summed E-state index contributed by atoms with van der Waals surface area (Å²) in [6.45, 7) is 0.209. The van der Waals surface area contributed by atoms with Crippen molar-refractivity contribution in [1.82, 2.24) is 9.78 Å². The molecule has 0 saturated heterocycles. The average molecular weight is 223 g/mol. The van der Waals surface area contributed by atoms with E-state index in [1.807, 2.05) is 0 Å². The Labute approximate surface area is 91.7 Å². The predicted molar refractivity (Wildman–Crippen MR) is 56.9 cm³/mol. The maximum Gasteiger partial charge on any atom is 0.163 e. The lowest BCUT2D eigenvalue weighted by molar-refractivity contribution is 0.500. The van der Waals surface area contributed by atoms with E-state index in [9.17, 15) is 8.78 Å². The smallest absolute Gasteiger partial charge is 0.163 e. The van der Waals surface area contributed by atoms with Crippen molar-refractivity contribution in [3.05, 3.63) is 47.7 Å². The zero-order valence-electron chi connectivity index (χ0n) is 8.74. The number of hydrogen-bond donors (Lipinski definition) is 1. The molecule has 84 valence electrons. The molecule has 1 aromatic carbocycles. The lowest BCUT2D eigenvalue weighted by Crippen LogP contribution is -2.04. The second kappa shape index (κ2) is 4.30. The number of anilines is 1. The van der Waals surface area contributed by atoms with Gasteiger partial charge in [0.05, 0.1) is 0 Å². The molecule has 0 bridgehead atoms. The molecule has 0 saturated carbocycles. The number of nitrogens with one attached hydrogen (secondary N) is 1. The fraction of sp³-hybridized carbons (Fsp3) is 0.182.